The summed E-state index contributed by atoms with van der Waals surface area (Å²) in [5, 5.41) is 17.4. The number of aromatic nitrogens is 6. The molecule has 0 aliphatic carbocycles. The van der Waals surface area contributed by atoms with Crippen LogP contribution in [-0.4, -0.2) is 46.5 Å². The largest absolute Gasteiger partial charge is 0.508 e. The van der Waals surface area contributed by atoms with Gasteiger partial charge in [0.2, 0.25) is 5.91 Å². The van der Waals surface area contributed by atoms with Crippen LogP contribution >= 0.6 is 11.8 Å². The molecule has 4 heterocycles. The number of thioether (sulfide) groups is 1. The zero-order chi connectivity index (χ0) is 19.3. The van der Waals surface area contributed by atoms with Gasteiger partial charge in [-0.1, -0.05) is 12.1 Å². The fourth-order valence-corrected chi connectivity index (χ4v) is 4.58. The molecule has 5 rings (SSSR count). The van der Waals surface area contributed by atoms with E-state index in [2.05, 4.69) is 30.4 Å². The zero-order valence-electron chi connectivity index (χ0n) is 14.7. The van der Waals surface area contributed by atoms with Crippen LogP contribution in [0.3, 0.4) is 0 Å². The Kier molecular flexibility index (Phi) is 3.79. The Morgan fingerprint density at radius 1 is 1.29 bits per heavy atom. The first-order valence-corrected chi connectivity index (χ1v) is 9.61. The number of benzene rings is 1. The van der Waals surface area contributed by atoms with Crippen molar-refractivity contribution in [3.05, 3.63) is 53.7 Å². The van der Waals surface area contributed by atoms with Crippen molar-refractivity contribution in [1.29, 1.82) is 0 Å². The second kappa shape index (κ2) is 6.34. The van der Waals surface area contributed by atoms with Gasteiger partial charge in [0.25, 0.3) is 0 Å². The SMILES string of the molecule is Cc1nn(-c2ncnc3nc[nH]c23)c2c1C(c1cccc(O)c1)SCC(=O)N2. The highest BCUT2D eigenvalue weighted by Gasteiger charge is 2.31. The van der Waals surface area contributed by atoms with Gasteiger partial charge in [0.05, 0.1) is 23.0 Å². The summed E-state index contributed by atoms with van der Waals surface area (Å²) in [5.74, 6) is 1.43. The van der Waals surface area contributed by atoms with E-state index >= 15 is 0 Å². The van der Waals surface area contributed by atoms with E-state index in [1.165, 1.54) is 18.1 Å². The summed E-state index contributed by atoms with van der Waals surface area (Å²) in [7, 11) is 0. The van der Waals surface area contributed by atoms with E-state index in [1.807, 2.05) is 13.0 Å². The minimum absolute atomic E-state index is 0.120. The monoisotopic (exact) mass is 393 g/mol. The normalized spacial score (nSPS) is 16.6. The number of amides is 1. The summed E-state index contributed by atoms with van der Waals surface area (Å²) in [6.07, 6.45) is 2.96. The van der Waals surface area contributed by atoms with Gasteiger partial charge in [-0.25, -0.2) is 15.0 Å². The van der Waals surface area contributed by atoms with E-state index in [9.17, 15) is 9.90 Å². The number of aryl methyl sites for hydroxylation is 1. The van der Waals surface area contributed by atoms with Gasteiger partial charge in [-0.3, -0.25) is 4.79 Å². The van der Waals surface area contributed by atoms with Crippen LogP contribution in [0.15, 0.2) is 36.9 Å². The van der Waals surface area contributed by atoms with Gasteiger partial charge >= 0.3 is 0 Å². The Morgan fingerprint density at radius 3 is 3.04 bits per heavy atom. The molecule has 0 bridgehead atoms. The zero-order valence-corrected chi connectivity index (χ0v) is 15.6. The number of carbonyl (C=O) groups is 1. The second-order valence-corrected chi connectivity index (χ2v) is 7.49. The van der Waals surface area contributed by atoms with Gasteiger partial charge in [0, 0.05) is 5.56 Å². The molecule has 1 aliphatic heterocycles. The summed E-state index contributed by atoms with van der Waals surface area (Å²) in [4.78, 5) is 28.1. The van der Waals surface area contributed by atoms with Crippen LogP contribution in [0.5, 0.6) is 5.75 Å². The number of phenolic OH excluding ortho intramolecular Hbond substituents is 1. The third kappa shape index (κ3) is 2.61. The molecule has 0 saturated carbocycles. The Labute approximate surface area is 163 Å². The van der Waals surface area contributed by atoms with Crippen LogP contribution in [0.2, 0.25) is 0 Å². The number of hydrogen-bond donors (Lipinski definition) is 3. The molecule has 3 aromatic heterocycles. The number of aromatic hydroxyl groups is 1. The van der Waals surface area contributed by atoms with Crippen molar-refractivity contribution in [3.8, 4) is 11.6 Å². The lowest BCUT2D eigenvalue weighted by atomic mass is 10.0. The van der Waals surface area contributed by atoms with E-state index in [1.54, 1.807) is 29.2 Å². The van der Waals surface area contributed by atoms with Crippen LogP contribution in [0.25, 0.3) is 17.0 Å². The van der Waals surface area contributed by atoms with Gasteiger partial charge in [-0.15, -0.1) is 11.8 Å². The second-order valence-electron chi connectivity index (χ2n) is 6.39. The summed E-state index contributed by atoms with van der Waals surface area (Å²) in [6.45, 7) is 1.90. The quantitative estimate of drug-likeness (QED) is 0.478. The van der Waals surface area contributed by atoms with Crippen molar-refractivity contribution in [1.82, 2.24) is 29.7 Å². The van der Waals surface area contributed by atoms with Crippen molar-refractivity contribution >= 4 is 34.7 Å². The molecule has 1 atom stereocenters. The number of phenols is 1. The third-order valence-electron chi connectivity index (χ3n) is 4.58. The summed E-state index contributed by atoms with van der Waals surface area (Å²) in [5.41, 5.74) is 3.70. The van der Waals surface area contributed by atoms with Crippen molar-refractivity contribution in [3.63, 3.8) is 0 Å². The third-order valence-corrected chi connectivity index (χ3v) is 5.85. The predicted molar refractivity (Wildman–Crippen MR) is 105 cm³/mol. The first kappa shape index (κ1) is 16.8. The van der Waals surface area contributed by atoms with Gasteiger partial charge in [-0.2, -0.15) is 9.78 Å². The Morgan fingerprint density at radius 2 is 2.18 bits per heavy atom. The van der Waals surface area contributed by atoms with Gasteiger partial charge in [-0.05, 0) is 24.6 Å². The fraction of sp³-hybridized carbons (Fsp3) is 0.167. The van der Waals surface area contributed by atoms with Crippen molar-refractivity contribution < 1.29 is 9.90 Å². The number of imidazole rings is 1. The van der Waals surface area contributed by atoms with E-state index in [4.69, 9.17) is 0 Å². The van der Waals surface area contributed by atoms with E-state index in [-0.39, 0.29) is 22.7 Å². The van der Waals surface area contributed by atoms with Crippen LogP contribution in [0.4, 0.5) is 5.82 Å². The summed E-state index contributed by atoms with van der Waals surface area (Å²) in [6, 6.07) is 7.07. The highest BCUT2D eigenvalue weighted by atomic mass is 32.2. The number of nitrogens with one attached hydrogen (secondary N) is 2. The van der Waals surface area contributed by atoms with Gasteiger partial charge in [0.15, 0.2) is 11.5 Å². The number of H-pyrrole nitrogens is 1. The molecule has 4 aromatic rings. The topological polar surface area (TPSA) is 122 Å². The van der Waals surface area contributed by atoms with E-state index in [0.717, 1.165) is 16.8 Å². The van der Waals surface area contributed by atoms with Crippen LogP contribution in [0, 0.1) is 6.92 Å². The first-order valence-electron chi connectivity index (χ1n) is 8.56. The molecule has 0 fully saturated rings. The lowest BCUT2D eigenvalue weighted by Crippen LogP contribution is -2.16. The number of nitrogens with zero attached hydrogens (tertiary/aromatic N) is 5. The molecule has 28 heavy (non-hydrogen) atoms. The standard InChI is InChI=1S/C18H15N7O2S/c1-9-13-15(10-3-2-4-11(26)5-10)28-6-12(27)23-17(13)25(24-9)18-14-16(20-7-19-14)21-8-22-18/h2-5,7-8,15,26H,6H2,1H3,(H,23,27)(H,19,20,21,22). The highest BCUT2D eigenvalue weighted by Crippen LogP contribution is 2.44. The molecular formula is C18H15N7O2S. The minimum atomic E-state index is -0.158. The Bertz CT molecular complexity index is 1220. The molecule has 0 spiro atoms. The van der Waals surface area contributed by atoms with Crippen LogP contribution in [0.1, 0.15) is 22.1 Å². The number of aromatic amines is 1. The Hall–Kier alpha value is -3.40. The Balaban J connectivity index is 1.74. The lowest BCUT2D eigenvalue weighted by Gasteiger charge is -2.15. The number of fused-ring (bicyclic) bond motifs is 2. The fourth-order valence-electron chi connectivity index (χ4n) is 3.40. The van der Waals surface area contributed by atoms with Crippen LogP contribution in [-0.2, 0) is 4.79 Å². The van der Waals surface area contributed by atoms with Crippen molar-refractivity contribution in [2.75, 3.05) is 11.1 Å². The molecule has 140 valence electrons. The first-order chi connectivity index (χ1) is 13.6. The molecule has 1 amide bonds. The molecule has 3 N–H and O–H groups in total. The minimum Gasteiger partial charge on any atom is -0.508 e. The van der Waals surface area contributed by atoms with Gasteiger partial charge < -0.3 is 15.4 Å². The van der Waals surface area contributed by atoms with Crippen molar-refractivity contribution in [2.24, 2.45) is 0 Å². The maximum absolute atomic E-state index is 12.4. The molecule has 10 heteroatoms. The molecule has 0 radical (unpaired) electrons. The lowest BCUT2D eigenvalue weighted by molar-refractivity contribution is -0.113. The number of hydrogen-bond acceptors (Lipinski definition) is 7. The van der Waals surface area contributed by atoms with Gasteiger partial charge in [0.1, 0.15) is 23.4 Å². The molecule has 0 saturated heterocycles. The molecule has 9 nitrogen and oxygen atoms in total. The number of carbonyl (C=O) groups excluding carboxylic acids is 1. The average Bonchev–Trinajstić information content (AvgIpc) is 3.23. The number of rotatable bonds is 2. The average molecular weight is 393 g/mol. The highest BCUT2D eigenvalue weighted by molar-refractivity contribution is 8.00. The smallest absolute Gasteiger partial charge is 0.235 e. The molecule has 1 unspecified atom stereocenters. The van der Waals surface area contributed by atoms with Crippen LogP contribution < -0.4 is 5.32 Å². The number of anilines is 1. The molecular weight excluding hydrogens is 378 g/mol. The maximum atomic E-state index is 12.4. The summed E-state index contributed by atoms with van der Waals surface area (Å²) >= 11 is 1.50. The summed E-state index contributed by atoms with van der Waals surface area (Å²) < 4.78 is 1.62. The maximum Gasteiger partial charge on any atom is 0.235 e. The van der Waals surface area contributed by atoms with E-state index in [0.29, 0.717) is 22.8 Å². The molecule has 1 aromatic carbocycles. The predicted octanol–water partition coefficient (Wildman–Crippen LogP) is 2.33. The molecule has 1 aliphatic rings. The van der Waals surface area contributed by atoms with E-state index < -0.39 is 0 Å². The van der Waals surface area contributed by atoms with Crippen molar-refractivity contribution in [2.45, 2.75) is 12.2 Å².